The molecule has 1 aliphatic rings. The summed E-state index contributed by atoms with van der Waals surface area (Å²) in [6.45, 7) is 7.84. The van der Waals surface area contributed by atoms with E-state index in [1.54, 1.807) is 18.3 Å². The summed E-state index contributed by atoms with van der Waals surface area (Å²) >= 11 is 0. The van der Waals surface area contributed by atoms with Crippen LogP contribution in [-0.4, -0.2) is 30.1 Å². The minimum absolute atomic E-state index is 0.108. The van der Waals surface area contributed by atoms with Crippen molar-refractivity contribution in [3.8, 4) is 0 Å². The van der Waals surface area contributed by atoms with Crippen LogP contribution in [0, 0.1) is 5.92 Å². The number of carbonyl (C=O) groups excluding carboxylic acids is 1. The first-order valence-electron chi connectivity index (χ1n) is 6.49. The van der Waals surface area contributed by atoms with Gasteiger partial charge in [0.2, 0.25) is 0 Å². The SMILES string of the molecule is CC(C)OC(=O)c1cccnc1N1CC[C@H](C)C1. The zero-order valence-electron chi connectivity index (χ0n) is 11.2. The lowest BCUT2D eigenvalue weighted by Crippen LogP contribution is -2.24. The lowest BCUT2D eigenvalue weighted by Gasteiger charge is -2.20. The van der Waals surface area contributed by atoms with Crippen LogP contribution in [0.2, 0.25) is 0 Å². The van der Waals surface area contributed by atoms with Crippen LogP contribution >= 0.6 is 0 Å². The lowest BCUT2D eigenvalue weighted by molar-refractivity contribution is 0.0378. The van der Waals surface area contributed by atoms with E-state index in [1.165, 1.54) is 0 Å². The fraction of sp³-hybridized carbons (Fsp3) is 0.571. The van der Waals surface area contributed by atoms with Gasteiger partial charge in [-0.3, -0.25) is 0 Å². The van der Waals surface area contributed by atoms with Crippen molar-refractivity contribution in [1.29, 1.82) is 0 Å². The molecule has 18 heavy (non-hydrogen) atoms. The maximum atomic E-state index is 12.0. The van der Waals surface area contributed by atoms with Gasteiger partial charge in [-0.2, -0.15) is 0 Å². The highest BCUT2D eigenvalue weighted by atomic mass is 16.5. The third kappa shape index (κ3) is 2.81. The number of ether oxygens (including phenoxy) is 1. The Labute approximate surface area is 108 Å². The second-order valence-electron chi connectivity index (χ2n) is 5.17. The molecule has 1 aliphatic heterocycles. The Bertz CT molecular complexity index is 432. The summed E-state index contributed by atoms with van der Waals surface area (Å²) in [5, 5.41) is 0. The van der Waals surface area contributed by atoms with E-state index in [0.717, 1.165) is 25.3 Å². The van der Waals surface area contributed by atoms with Crippen LogP contribution in [0.15, 0.2) is 18.3 Å². The van der Waals surface area contributed by atoms with Crippen molar-refractivity contribution < 1.29 is 9.53 Å². The van der Waals surface area contributed by atoms with Crippen LogP contribution in [-0.2, 0) is 4.74 Å². The normalized spacial score (nSPS) is 19.3. The third-order valence-corrected chi connectivity index (χ3v) is 3.07. The molecule has 0 spiro atoms. The second-order valence-corrected chi connectivity index (χ2v) is 5.17. The summed E-state index contributed by atoms with van der Waals surface area (Å²) in [5.41, 5.74) is 0.570. The molecule has 98 valence electrons. The zero-order valence-corrected chi connectivity index (χ0v) is 11.2. The Morgan fingerprint density at radius 3 is 2.94 bits per heavy atom. The van der Waals surface area contributed by atoms with Crippen molar-refractivity contribution in [2.24, 2.45) is 5.92 Å². The summed E-state index contributed by atoms with van der Waals surface area (Å²) in [4.78, 5) is 18.5. The van der Waals surface area contributed by atoms with Gasteiger partial charge in [0.05, 0.1) is 6.10 Å². The van der Waals surface area contributed by atoms with Gasteiger partial charge >= 0.3 is 5.97 Å². The van der Waals surface area contributed by atoms with Crippen molar-refractivity contribution >= 4 is 11.8 Å². The number of hydrogen-bond acceptors (Lipinski definition) is 4. The molecule has 1 aromatic rings. The quantitative estimate of drug-likeness (QED) is 0.771. The number of carbonyl (C=O) groups is 1. The molecule has 0 aliphatic carbocycles. The standard InChI is InChI=1S/C14H20N2O2/c1-10(2)18-14(17)12-5-4-7-15-13(12)16-8-6-11(3)9-16/h4-5,7,10-11H,6,8-9H2,1-3H3/t11-/m0/s1. The van der Waals surface area contributed by atoms with Crippen molar-refractivity contribution in [2.45, 2.75) is 33.3 Å². The molecule has 0 saturated carbocycles. The Kier molecular flexibility index (Phi) is 3.84. The number of hydrogen-bond donors (Lipinski definition) is 0. The van der Waals surface area contributed by atoms with E-state index in [1.807, 2.05) is 13.8 Å². The van der Waals surface area contributed by atoms with Gasteiger partial charge in [-0.05, 0) is 38.3 Å². The first kappa shape index (κ1) is 12.9. The number of aromatic nitrogens is 1. The van der Waals surface area contributed by atoms with Gasteiger partial charge in [0.15, 0.2) is 0 Å². The number of nitrogens with zero attached hydrogens (tertiary/aromatic N) is 2. The van der Waals surface area contributed by atoms with Gasteiger partial charge in [-0.25, -0.2) is 9.78 Å². The smallest absolute Gasteiger partial charge is 0.342 e. The van der Waals surface area contributed by atoms with Gasteiger partial charge in [0.25, 0.3) is 0 Å². The molecule has 1 aromatic heterocycles. The largest absolute Gasteiger partial charge is 0.459 e. The first-order valence-corrected chi connectivity index (χ1v) is 6.49. The van der Waals surface area contributed by atoms with Crippen LogP contribution in [0.5, 0.6) is 0 Å². The summed E-state index contributed by atoms with van der Waals surface area (Å²) in [5.74, 6) is 1.13. The molecular weight excluding hydrogens is 228 g/mol. The van der Waals surface area contributed by atoms with E-state index in [0.29, 0.717) is 11.5 Å². The molecule has 0 N–H and O–H groups in total. The first-order chi connectivity index (χ1) is 8.58. The highest BCUT2D eigenvalue weighted by Crippen LogP contribution is 2.25. The lowest BCUT2D eigenvalue weighted by atomic mass is 10.2. The Morgan fingerprint density at radius 2 is 2.33 bits per heavy atom. The number of pyridine rings is 1. The molecule has 0 unspecified atom stereocenters. The molecule has 1 fully saturated rings. The predicted octanol–water partition coefficient (Wildman–Crippen LogP) is 2.49. The average Bonchev–Trinajstić information content (AvgIpc) is 2.75. The van der Waals surface area contributed by atoms with E-state index in [-0.39, 0.29) is 12.1 Å². The summed E-state index contributed by atoms with van der Waals surface area (Å²) in [6.07, 6.45) is 2.77. The molecular formula is C14H20N2O2. The monoisotopic (exact) mass is 248 g/mol. The molecule has 0 bridgehead atoms. The van der Waals surface area contributed by atoms with E-state index in [4.69, 9.17) is 4.74 Å². The van der Waals surface area contributed by atoms with Gasteiger partial charge in [-0.1, -0.05) is 6.92 Å². The predicted molar refractivity (Wildman–Crippen MR) is 70.8 cm³/mol. The summed E-state index contributed by atoms with van der Waals surface area (Å²) in [6, 6.07) is 3.57. The van der Waals surface area contributed by atoms with Crippen LogP contribution in [0.3, 0.4) is 0 Å². The summed E-state index contributed by atoms with van der Waals surface area (Å²) < 4.78 is 5.26. The van der Waals surface area contributed by atoms with E-state index in [9.17, 15) is 4.79 Å². The molecule has 0 aromatic carbocycles. The molecule has 0 radical (unpaired) electrons. The fourth-order valence-corrected chi connectivity index (χ4v) is 2.21. The second kappa shape index (κ2) is 5.38. The van der Waals surface area contributed by atoms with Gasteiger partial charge < -0.3 is 9.64 Å². The Balaban J connectivity index is 2.22. The maximum Gasteiger partial charge on any atom is 0.342 e. The van der Waals surface area contributed by atoms with E-state index < -0.39 is 0 Å². The van der Waals surface area contributed by atoms with Crippen LogP contribution < -0.4 is 4.90 Å². The molecule has 1 saturated heterocycles. The summed E-state index contributed by atoms with van der Waals surface area (Å²) in [7, 11) is 0. The van der Waals surface area contributed by atoms with E-state index in [2.05, 4.69) is 16.8 Å². The molecule has 4 nitrogen and oxygen atoms in total. The zero-order chi connectivity index (χ0) is 13.1. The topological polar surface area (TPSA) is 42.4 Å². The van der Waals surface area contributed by atoms with Gasteiger partial charge in [-0.15, -0.1) is 0 Å². The van der Waals surface area contributed by atoms with Crippen LogP contribution in [0.4, 0.5) is 5.82 Å². The minimum Gasteiger partial charge on any atom is -0.459 e. The van der Waals surface area contributed by atoms with Crippen molar-refractivity contribution in [3.63, 3.8) is 0 Å². The number of anilines is 1. The Morgan fingerprint density at radius 1 is 1.56 bits per heavy atom. The van der Waals surface area contributed by atoms with Crippen LogP contribution in [0.1, 0.15) is 37.6 Å². The molecule has 1 atom stereocenters. The van der Waals surface area contributed by atoms with E-state index >= 15 is 0 Å². The molecule has 2 rings (SSSR count). The van der Waals surface area contributed by atoms with Crippen LogP contribution in [0.25, 0.3) is 0 Å². The van der Waals surface area contributed by atoms with Gasteiger partial charge in [0.1, 0.15) is 11.4 Å². The third-order valence-electron chi connectivity index (χ3n) is 3.07. The molecule has 0 amide bonds. The fourth-order valence-electron chi connectivity index (χ4n) is 2.21. The molecule has 2 heterocycles. The van der Waals surface area contributed by atoms with Crippen molar-refractivity contribution in [2.75, 3.05) is 18.0 Å². The highest BCUT2D eigenvalue weighted by Gasteiger charge is 2.25. The highest BCUT2D eigenvalue weighted by molar-refractivity contribution is 5.94. The van der Waals surface area contributed by atoms with Gasteiger partial charge in [0, 0.05) is 19.3 Å². The number of rotatable bonds is 3. The minimum atomic E-state index is -0.285. The maximum absolute atomic E-state index is 12.0. The molecule has 4 heteroatoms. The number of esters is 1. The van der Waals surface area contributed by atoms with Crippen molar-refractivity contribution in [3.05, 3.63) is 23.9 Å². The average molecular weight is 248 g/mol. The van der Waals surface area contributed by atoms with Crippen molar-refractivity contribution in [1.82, 2.24) is 4.98 Å². The Hall–Kier alpha value is -1.58.